The van der Waals surface area contributed by atoms with Gasteiger partial charge in [-0.05, 0) is 37.8 Å². The SMILES string of the molecule is O=C(c1c(F)ccc(F)c1F)C1CC2CCCC(C1)S2. The third kappa shape index (κ3) is 2.48. The van der Waals surface area contributed by atoms with Gasteiger partial charge in [0.1, 0.15) is 5.82 Å². The van der Waals surface area contributed by atoms with Gasteiger partial charge in [-0.2, -0.15) is 11.8 Å². The molecule has 2 bridgehead atoms. The number of halogens is 3. The van der Waals surface area contributed by atoms with Crippen molar-refractivity contribution in [3.63, 3.8) is 0 Å². The first-order valence-corrected chi connectivity index (χ1v) is 7.83. The van der Waals surface area contributed by atoms with E-state index in [0.29, 0.717) is 29.4 Å². The second-order valence-corrected chi connectivity index (χ2v) is 7.17. The van der Waals surface area contributed by atoms with Gasteiger partial charge in [-0.25, -0.2) is 13.2 Å². The first-order chi connectivity index (χ1) is 9.56. The second kappa shape index (κ2) is 5.43. The summed E-state index contributed by atoms with van der Waals surface area (Å²) < 4.78 is 40.6. The van der Waals surface area contributed by atoms with Crippen LogP contribution < -0.4 is 0 Å². The maximum atomic E-state index is 13.7. The van der Waals surface area contributed by atoms with Gasteiger partial charge in [0.2, 0.25) is 0 Å². The minimum atomic E-state index is -1.35. The number of hydrogen-bond donors (Lipinski definition) is 0. The second-order valence-electron chi connectivity index (χ2n) is 5.56. The van der Waals surface area contributed by atoms with Gasteiger partial charge < -0.3 is 0 Å². The van der Waals surface area contributed by atoms with Crippen LogP contribution in [-0.2, 0) is 0 Å². The Morgan fingerprint density at radius 3 is 2.30 bits per heavy atom. The van der Waals surface area contributed by atoms with Gasteiger partial charge in [0.05, 0.1) is 5.56 Å². The van der Waals surface area contributed by atoms with E-state index < -0.39 is 28.8 Å². The van der Waals surface area contributed by atoms with Crippen molar-refractivity contribution in [3.8, 4) is 0 Å². The van der Waals surface area contributed by atoms with Crippen LogP contribution >= 0.6 is 11.8 Å². The summed E-state index contributed by atoms with van der Waals surface area (Å²) in [5, 5.41) is 0.798. The summed E-state index contributed by atoms with van der Waals surface area (Å²) in [4.78, 5) is 12.4. The monoisotopic (exact) mass is 300 g/mol. The largest absolute Gasteiger partial charge is 0.294 e. The average Bonchev–Trinajstić information content (AvgIpc) is 2.43. The van der Waals surface area contributed by atoms with E-state index in [2.05, 4.69) is 0 Å². The van der Waals surface area contributed by atoms with Crippen LogP contribution in [0.25, 0.3) is 0 Å². The van der Waals surface area contributed by atoms with Crippen LogP contribution in [0.2, 0.25) is 0 Å². The molecular weight excluding hydrogens is 285 g/mol. The Morgan fingerprint density at radius 1 is 1.05 bits per heavy atom. The number of ketones is 1. The van der Waals surface area contributed by atoms with Gasteiger partial charge in [0, 0.05) is 16.4 Å². The fourth-order valence-electron chi connectivity index (χ4n) is 3.23. The molecule has 0 aromatic heterocycles. The molecule has 1 nitrogen and oxygen atoms in total. The van der Waals surface area contributed by atoms with E-state index in [-0.39, 0.29) is 5.92 Å². The molecule has 3 rings (SSSR count). The van der Waals surface area contributed by atoms with Crippen molar-refractivity contribution >= 4 is 17.5 Å². The zero-order valence-corrected chi connectivity index (χ0v) is 11.7. The Balaban J connectivity index is 1.88. The van der Waals surface area contributed by atoms with E-state index in [1.807, 2.05) is 11.8 Å². The van der Waals surface area contributed by atoms with Gasteiger partial charge in [0.15, 0.2) is 17.4 Å². The number of thioether (sulfide) groups is 1. The zero-order valence-electron chi connectivity index (χ0n) is 10.9. The standard InChI is InChI=1S/C15H15F3OS/c16-11-4-5-12(17)14(18)13(11)15(19)8-6-9-2-1-3-10(7-8)20-9/h4-5,8-10H,1-3,6-7H2. The van der Waals surface area contributed by atoms with Crippen molar-refractivity contribution in [2.75, 3.05) is 0 Å². The van der Waals surface area contributed by atoms with Crippen molar-refractivity contribution in [3.05, 3.63) is 35.1 Å². The van der Waals surface area contributed by atoms with E-state index in [1.165, 1.54) is 0 Å². The van der Waals surface area contributed by atoms with Crippen LogP contribution in [0.15, 0.2) is 12.1 Å². The molecule has 0 spiro atoms. The van der Waals surface area contributed by atoms with Crippen LogP contribution in [0.3, 0.4) is 0 Å². The van der Waals surface area contributed by atoms with Crippen molar-refractivity contribution in [2.24, 2.45) is 5.92 Å². The molecule has 0 N–H and O–H groups in total. The molecule has 5 heteroatoms. The highest BCUT2D eigenvalue weighted by Gasteiger charge is 2.37. The highest BCUT2D eigenvalue weighted by atomic mass is 32.2. The number of benzene rings is 1. The van der Waals surface area contributed by atoms with E-state index in [9.17, 15) is 18.0 Å². The van der Waals surface area contributed by atoms with Crippen LogP contribution in [-0.4, -0.2) is 16.3 Å². The fraction of sp³-hybridized carbons (Fsp3) is 0.533. The molecule has 20 heavy (non-hydrogen) atoms. The summed E-state index contributed by atoms with van der Waals surface area (Å²) in [6, 6.07) is 1.54. The lowest BCUT2D eigenvalue weighted by molar-refractivity contribution is 0.0886. The summed E-state index contributed by atoms with van der Waals surface area (Å²) in [5.41, 5.74) is -0.694. The molecule has 0 saturated carbocycles. The molecule has 108 valence electrons. The summed E-state index contributed by atoms with van der Waals surface area (Å²) in [6.45, 7) is 0. The van der Waals surface area contributed by atoms with Gasteiger partial charge in [-0.1, -0.05) is 6.42 Å². The summed E-state index contributed by atoms with van der Waals surface area (Å²) in [5.74, 6) is -4.43. The van der Waals surface area contributed by atoms with Crippen molar-refractivity contribution < 1.29 is 18.0 Å². The lowest BCUT2D eigenvalue weighted by Gasteiger charge is -2.38. The van der Waals surface area contributed by atoms with Crippen LogP contribution in [0.1, 0.15) is 42.5 Å². The molecule has 1 aromatic carbocycles. The Bertz CT molecular complexity index is 534. The molecule has 2 aliphatic heterocycles. The first kappa shape index (κ1) is 14.0. The van der Waals surface area contributed by atoms with Crippen LogP contribution in [0.5, 0.6) is 0 Å². The molecule has 2 unspecified atom stereocenters. The van der Waals surface area contributed by atoms with E-state index in [1.54, 1.807) is 0 Å². The predicted octanol–water partition coefficient (Wildman–Crippen LogP) is 4.35. The number of Topliss-reactive ketones (excluding diaryl/α,β-unsaturated/α-hetero) is 1. The maximum absolute atomic E-state index is 13.7. The molecular formula is C15H15F3OS. The Labute approximate surface area is 119 Å². The van der Waals surface area contributed by atoms with E-state index in [4.69, 9.17) is 0 Å². The minimum absolute atomic E-state index is 0.377. The van der Waals surface area contributed by atoms with E-state index >= 15 is 0 Å². The Kier molecular flexibility index (Phi) is 3.80. The Morgan fingerprint density at radius 2 is 1.65 bits per heavy atom. The fourth-order valence-corrected chi connectivity index (χ4v) is 5.07. The van der Waals surface area contributed by atoms with Crippen LogP contribution in [0, 0.1) is 23.4 Å². The summed E-state index contributed by atoms with van der Waals surface area (Å²) in [7, 11) is 0. The summed E-state index contributed by atoms with van der Waals surface area (Å²) in [6.07, 6.45) is 4.56. The average molecular weight is 300 g/mol. The number of fused-ring (bicyclic) bond motifs is 2. The summed E-state index contributed by atoms with van der Waals surface area (Å²) >= 11 is 1.89. The highest BCUT2D eigenvalue weighted by molar-refractivity contribution is 8.00. The topological polar surface area (TPSA) is 17.1 Å². The number of rotatable bonds is 2. The third-order valence-corrected chi connectivity index (χ3v) is 5.82. The lowest BCUT2D eigenvalue weighted by atomic mass is 9.84. The molecule has 0 aliphatic carbocycles. The maximum Gasteiger partial charge on any atom is 0.172 e. The number of hydrogen-bond acceptors (Lipinski definition) is 2. The predicted molar refractivity (Wildman–Crippen MR) is 72.4 cm³/mol. The molecule has 2 saturated heterocycles. The third-order valence-electron chi connectivity index (χ3n) is 4.19. The minimum Gasteiger partial charge on any atom is -0.294 e. The van der Waals surface area contributed by atoms with Crippen LogP contribution in [0.4, 0.5) is 13.2 Å². The lowest BCUT2D eigenvalue weighted by Crippen LogP contribution is -2.33. The Hall–Kier alpha value is -0.970. The van der Waals surface area contributed by atoms with Crippen molar-refractivity contribution in [1.29, 1.82) is 0 Å². The molecule has 2 fully saturated rings. The number of carbonyl (C=O) groups is 1. The molecule has 2 heterocycles. The molecule has 0 amide bonds. The normalized spacial score (nSPS) is 29.2. The van der Waals surface area contributed by atoms with E-state index in [0.717, 1.165) is 25.3 Å². The molecule has 2 atom stereocenters. The molecule has 2 aliphatic rings. The van der Waals surface area contributed by atoms with Gasteiger partial charge >= 0.3 is 0 Å². The smallest absolute Gasteiger partial charge is 0.172 e. The van der Waals surface area contributed by atoms with Gasteiger partial charge in [0.25, 0.3) is 0 Å². The molecule has 0 radical (unpaired) electrons. The number of carbonyl (C=O) groups excluding carboxylic acids is 1. The highest BCUT2D eigenvalue weighted by Crippen LogP contribution is 2.44. The zero-order chi connectivity index (χ0) is 14.3. The van der Waals surface area contributed by atoms with Gasteiger partial charge in [-0.3, -0.25) is 4.79 Å². The van der Waals surface area contributed by atoms with Gasteiger partial charge in [-0.15, -0.1) is 0 Å². The van der Waals surface area contributed by atoms with Crippen molar-refractivity contribution in [2.45, 2.75) is 42.6 Å². The quantitative estimate of drug-likeness (QED) is 0.596. The first-order valence-electron chi connectivity index (χ1n) is 6.89. The van der Waals surface area contributed by atoms with Crippen molar-refractivity contribution in [1.82, 2.24) is 0 Å². The molecule has 1 aromatic rings.